The number of fused-ring (bicyclic) bond motifs is 1. The van der Waals surface area contributed by atoms with Crippen LogP contribution in [0.4, 0.5) is 5.69 Å². The fourth-order valence-electron chi connectivity index (χ4n) is 2.03. The zero-order chi connectivity index (χ0) is 16.2. The van der Waals surface area contributed by atoms with E-state index in [1.54, 1.807) is 31.4 Å². The summed E-state index contributed by atoms with van der Waals surface area (Å²) in [5.74, 6) is 0.660. The molecule has 0 fully saturated rings. The van der Waals surface area contributed by atoms with Crippen molar-refractivity contribution < 1.29 is 9.53 Å². The minimum atomic E-state index is -0.301. The van der Waals surface area contributed by atoms with Crippen molar-refractivity contribution in [2.45, 2.75) is 17.3 Å². The third kappa shape index (κ3) is 3.45. The van der Waals surface area contributed by atoms with E-state index in [-0.39, 0.29) is 11.2 Å². The highest BCUT2D eigenvalue weighted by molar-refractivity contribution is 8.00. The number of benzene rings is 1. The number of hydrogen-bond acceptors (Lipinski definition) is 5. The fraction of sp³-hybridized carbons (Fsp3) is 0.188. The number of ether oxygens (including phenoxy) is 1. The summed E-state index contributed by atoms with van der Waals surface area (Å²) in [5, 5.41) is 11.5. The van der Waals surface area contributed by atoms with Gasteiger partial charge in [-0.2, -0.15) is 0 Å². The highest BCUT2D eigenvalue weighted by Crippen LogP contribution is 2.23. The lowest BCUT2D eigenvalue weighted by Gasteiger charge is -2.11. The third-order valence-electron chi connectivity index (χ3n) is 3.29. The number of anilines is 1. The Kier molecular flexibility index (Phi) is 4.47. The quantitative estimate of drug-likeness (QED) is 0.729. The van der Waals surface area contributed by atoms with Crippen LogP contribution in [-0.4, -0.2) is 32.9 Å². The Bertz CT molecular complexity index is 816. The first kappa shape index (κ1) is 15.4. The number of nitrogens with zero attached hydrogens (tertiary/aromatic N) is 3. The number of pyridine rings is 1. The number of aromatic nitrogens is 3. The minimum absolute atomic E-state index is 0.0900. The van der Waals surface area contributed by atoms with Gasteiger partial charge in [-0.25, -0.2) is 0 Å². The summed E-state index contributed by atoms with van der Waals surface area (Å²) in [7, 11) is 1.61. The second kappa shape index (κ2) is 6.70. The summed E-state index contributed by atoms with van der Waals surface area (Å²) >= 11 is 1.37. The van der Waals surface area contributed by atoms with Crippen LogP contribution in [0.1, 0.15) is 6.92 Å². The summed E-state index contributed by atoms with van der Waals surface area (Å²) in [6.07, 6.45) is 1.88. The number of amides is 1. The van der Waals surface area contributed by atoms with Crippen molar-refractivity contribution in [2.24, 2.45) is 0 Å². The van der Waals surface area contributed by atoms with Gasteiger partial charge < -0.3 is 10.1 Å². The largest absolute Gasteiger partial charge is 0.497 e. The van der Waals surface area contributed by atoms with Gasteiger partial charge in [0.2, 0.25) is 5.91 Å². The van der Waals surface area contributed by atoms with Crippen LogP contribution < -0.4 is 10.1 Å². The molecule has 6 nitrogen and oxygen atoms in total. The smallest absolute Gasteiger partial charge is 0.237 e. The van der Waals surface area contributed by atoms with Gasteiger partial charge >= 0.3 is 0 Å². The molecule has 2 aromatic heterocycles. The van der Waals surface area contributed by atoms with Crippen LogP contribution in [0.5, 0.6) is 5.75 Å². The Hall–Kier alpha value is -2.54. The molecule has 1 aromatic carbocycles. The molecule has 23 heavy (non-hydrogen) atoms. The molecule has 1 amide bonds. The average molecular weight is 328 g/mol. The van der Waals surface area contributed by atoms with E-state index in [1.165, 1.54) is 11.8 Å². The van der Waals surface area contributed by atoms with Gasteiger partial charge in [-0.3, -0.25) is 9.20 Å². The fourth-order valence-corrected chi connectivity index (χ4v) is 2.87. The van der Waals surface area contributed by atoms with Crippen molar-refractivity contribution in [3.63, 3.8) is 0 Å². The second-order valence-electron chi connectivity index (χ2n) is 4.89. The van der Waals surface area contributed by atoms with E-state index in [4.69, 9.17) is 4.74 Å². The SMILES string of the molecule is COc1ccc(NC(=O)[C@@H](C)Sc2nnc3ccccn23)cc1. The van der Waals surface area contributed by atoms with Crippen LogP contribution in [0.3, 0.4) is 0 Å². The van der Waals surface area contributed by atoms with Gasteiger partial charge in [-0.05, 0) is 43.3 Å². The third-order valence-corrected chi connectivity index (χ3v) is 4.35. The molecule has 1 atom stereocenters. The van der Waals surface area contributed by atoms with Crippen molar-refractivity contribution in [3.8, 4) is 5.75 Å². The lowest BCUT2D eigenvalue weighted by Crippen LogP contribution is -2.22. The normalized spacial score (nSPS) is 12.1. The Labute approximate surface area is 137 Å². The highest BCUT2D eigenvalue weighted by atomic mass is 32.2. The molecule has 2 heterocycles. The molecule has 0 bridgehead atoms. The summed E-state index contributed by atoms with van der Waals surface area (Å²) in [6.45, 7) is 1.84. The molecule has 0 saturated heterocycles. The second-order valence-corrected chi connectivity index (χ2v) is 6.20. The van der Waals surface area contributed by atoms with E-state index < -0.39 is 0 Å². The van der Waals surface area contributed by atoms with E-state index in [0.29, 0.717) is 5.16 Å². The molecule has 0 aliphatic carbocycles. The zero-order valence-corrected chi connectivity index (χ0v) is 13.6. The molecule has 0 unspecified atom stereocenters. The maximum atomic E-state index is 12.3. The van der Waals surface area contributed by atoms with Crippen LogP contribution >= 0.6 is 11.8 Å². The number of carbonyl (C=O) groups is 1. The predicted molar refractivity (Wildman–Crippen MR) is 89.9 cm³/mol. The lowest BCUT2D eigenvalue weighted by atomic mass is 10.3. The van der Waals surface area contributed by atoms with E-state index >= 15 is 0 Å². The molecule has 0 radical (unpaired) electrons. The Morgan fingerprint density at radius 2 is 2.00 bits per heavy atom. The van der Waals surface area contributed by atoms with E-state index in [1.807, 2.05) is 35.7 Å². The lowest BCUT2D eigenvalue weighted by molar-refractivity contribution is -0.115. The molecule has 0 aliphatic rings. The molecule has 7 heteroatoms. The van der Waals surface area contributed by atoms with Crippen molar-refractivity contribution in [1.82, 2.24) is 14.6 Å². The van der Waals surface area contributed by atoms with Crippen molar-refractivity contribution in [3.05, 3.63) is 48.7 Å². The molecule has 1 N–H and O–H groups in total. The molecular weight excluding hydrogens is 312 g/mol. The Morgan fingerprint density at radius 3 is 2.74 bits per heavy atom. The maximum absolute atomic E-state index is 12.3. The van der Waals surface area contributed by atoms with Crippen molar-refractivity contribution in [2.75, 3.05) is 12.4 Å². The number of rotatable bonds is 5. The van der Waals surface area contributed by atoms with E-state index in [0.717, 1.165) is 17.1 Å². The molecule has 3 rings (SSSR count). The van der Waals surface area contributed by atoms with Gasteiger partial charge in [-0.15, -0.1) is 10.2 Å². The zero-order valence-electron chi connectivity index (χ0n) is 12.8. The maximum Gasteiger partial charge on any atom is 0.237 e. The first-order chi connectivity index (χ1) is 11.2. The number of methoxy groups -OCH3 is 1. The van der Waals surface area contributed by atoms with E-state index in [2.05, 4.69) is 15.5 Å². The Balaban J connectivity index is 1.67. The first-order valence-electron chi connectivity index (χ1n) is 7.09. The monoisotopic (exact) mass is 328 g/mol. The standard InChI is InChI=1S/C16H16N4O2S/c1-11(15(21)17-12-6-8-13(22-2)9-7-12)23-16-19-18-14-5-3-4-10-20(14)16/h3-11H,1-2H3,(H,17,21)/t11-/m1/s1. The summed E-state index contributed by atoms with van der Waals surface area (Å²) in [5.41, 5.74) is 1.49. The van der Waals surface area contributed by atoms with Crippen LogP contribution in [0.15, 0.2) is 53.8 Å². The molecule has 3 aromatic rings. The number of hydrogen-bond donors (Lipinski definition) is 1. The summed E-state index contributed by atoms with van der Waals surface area (Å²) in [4.78, 5) is 12.3. The highest BCUT2D eigenvalue weighted by Gasteiger charge is 2.18. The summed E-state index contributed by atoms with van der Waals surface area (Å²) < 4.78 is 6.96. The van der Waals surface area contributed by atoms with Gasteiger partial charge in [0.15, 0.2) is 10.8 Å². The van der Waals surface area contributed by atoms with E-state index in [9.17, 15) is 4.79 Å². The number of nitrogens with one attached hydrogen (secondary N) is 1. The molecule has 118 valence electrons. The van der Waals surface area contributed by atoms with Gasteiger partial charge in [-0.1, -0.05) is 17.8 Å². The molecular formula is C16H16N4O2S. The van der Waals surface area contributed by atoms with Crippen molar-refractivity contribution in [1.29, 1.82) is 0 Å². The summed E-state index contributed by atoms with van der Waals surface area (Å²) in [6, 6.07) is 12.9. The van der Waals surface area contributed by atoms with Crippen LogP contribution in [-0.2, 0) is 4.79 Å². The molecule has 0 spiro atoms. The first-order valence-corrected chi connectivity index (χ1v) is 7.96. The predicted octanol–water partition coefficient (Wildman–Crippen LogP) is 2.86. The average Bonchev–Trinajstić information content (AvgIpc) is 2.98. The molecule has 0 saturated carbocycles. The van der Waals surface area contributed by atoms with Crippen LogP contribution in [0.2, 0.25) is 0 Å². The van der Waals surface area contributed by atoms with Crippen LogP contribution in [0.25, 0.3) is 5.65 Å². The number of thioether (sulfide) groups is 1. The van der Waals surface area contributed by atoms with Gasteiger partial charge in [0, 0.05) is 11.9 Å². The van der Waals surface area contributed by atoms with Crippen LogP contribution in [0, 0.1) is 0 Å². The molecule has 0 aliphatic heterocycles. The van der Waals surface area contributed by atoms with Crippen molar-refractivity contribution >= 4 is 29.0 Å². The topological polar surface area (TPSA) is 68.5 Å². The number of carbonyl (C=O) groups excluding carboxylic acids is 1. The van der Waals surface area contributed by atoms with Gasteiger partial charge in [0.1, 0.15) is 5.75 Å². The minimum Gasteiger partial charge on any atom is -0.497 e. The van der Waals surface area contributed by atoms with Gasteiger partial charge in [0.05, 0.1) is 12.4 Å². The Morgan fingerprint density at radius 1 is 1.22 bits per heavy atom. The van der Waals surface area contributed by atoms with Gasteiger partial charge in [0.25, 0.3) is 0 Å².